The van der Waals surface area contributed by atoms with Crippen molar-refractivity contribution in [2.45, 2.75) is 83.6 Å². The van der Waals surface area contributed by atoms with E-state index in [9.17, 15) is 24.3 Å². The molecule has 0 saturated heterocycles. The van der Waals surface area contributed by atoms with E-state index in [2.05, 4.69) is 5.32 Å². The van der Waals surface area contributed by atoms with Crippen LogP contribution in [0.4, 0.5) is 4.39 Å². The third-order valence-electron chi connectivity index (χ3n) is 9.31. The van der Waals surface area contributed by atoms with Gasteiger partial charge in [-0.25, -0.2) is 14.2 Å². The van der Waals surface area contributed by atoms with Crippen LogP contribution in [0.25, 0.3) is 22.3 Å². The number of ether oxygens (including phenoxy) is 2. The third kappa shape index (κ3) is 4.72. The number of hydrogen-bond acceptors (Lipinski definition) is 9. The third-order valence-corrected chi connectivity index (χ3v) is 9.31. The number of fused-ring (bicyclic) bond motifs is 5. The Morgan fingerprint density at radius 1 is 1.30 bits per heavy atom. The zero-order valence-electron chi connectivity index (χ0n) is 24.9. The van der Waals surface area contributed by atoms with E-state index in [0.29, 0.717) is 35.3 Å². The predicted molar refractivity (Wildman–Crippen MR) is 157 cm³/mol. The maximum absolute atomic E-state index is 15.1. The molecule has 12 heteroatoms. The molecule has 0 bridgehead atoms. The number of pyridine rings is 2. The first-order valence-corrected chi connectivity index (χ1v) is 14.9. The summed E-state index contributed by atoms with van der Waals surface area (Å²) < 4.78 is 27.4. The van der Waals surface area contributed by atoms with Gasteiger partial charge in [0.15, 0.2) is 5.60 Å². The summed E-state index contributed by atoms with van der Waals surface area (Å²) in [7, 11) is 0. The Bertz CT molecular complexity index is 1800. The number of nitrogens with two attached hydrogens (primary N) is 1. The highest BCUT2D eigenvalue weighted by atomic mass is 19.1. The van der Waals surface area contributed by atoms with Crippen LogP contribution < -0.4 is 16.6 Å². The fraction of sp³-hybridized carbons (Fsp3) is 0.469. The number of hydrogen-bond donors (Lipinski definition) is 3. The van der Waals surface area contributed by atoms with Gasteiger partial charge < -0.3 is 30.2 Å². The first-order chi connectivity index (χ1) is 21.0. The van der Waals surface area contributed by atoms with Crippen LogP contribution in [0.2, 0.25) is 0 Å². The minimum Gasteiger partial charge on any atom is -0.458 e. The summed E-state index contributed by atoms with van der Waals surface area (Å²) >= 11 is 0. The summed E-state index contributed by atoms with van der Waals surface area (Å²) in [6.07, 6.45) is 1.11. The van der Waals surface area contributed by atoms with Crippen molar-refractivity contribution in [3.63, 3.8) is 0 Å². The van der Waals surface area contributed by atoms with E-state index in [4.69, 9.17) is 20.2 Å². The lowest BCUT2D eigenvalue weighted by Crippen LogP contribution is -2.44. The summed E-state index contributed by atoms with van der Waals surface area (Å²) in [4.78, 5) is 55.9. The number of halogens is 1. The fourth-order valence-electron chi connectivity index (χ4n) is 6.93. The summed E-state index contributed by atoms with van der Waals surface area (Å²) in [5.41, 5.74) is 7.76. The lowest BCUT2D eigenvalue weighted by molar-refractivity contribution is -0.172. The summed E-state index contributed by atoms with van der Waals surface area (Å²) in [6, 6.07) is 3.03. The number of benzene rings is 1. The van der Waals surface area contributed by atoms with Crippen molar-refractivity contribution in [2.24, 2.45) is 5.73 Å². The number of aryl methyl sites for hydroxylation is 1. The normalized spacial score (nSPS) is 20.5. The number of aromatic nitrogens is 2. The Labute approximate surface area is 252 Å². The van der Waals surface area contributed by atoms with Crippen molar-refractivity contribution in [1.29, 1.82) is 0 Å². The first-order valence-electron chi connectivity index (χ1n) is 14.9. The highest BCUT2D eigenvalue weighted by Gasteiger charge is 2.46. The molecule has 0 spiro atoms. The molecule has 0 radical (unpaired) electrons. The quantitative estimate of drug-likeness (QED) is 0.192. The number of ketones is 1. The van der Waals surface area contributed by atoms with Crippen LogP contribution in [-0.4, -0.2) is 51.7 Å². The van der Waals surface area contributed by atoms with Crippen molar-refractivity contribution < 1.29 is 33.4 Å². The van der Waals surface area contributed by atoms with E-state index in [1.54, 1.807) is 31.4 Å². The molecule has 0 unspecified atom stereocenters. The molecule has 0 fully saturated rings. The lowest BCUT2D eigenvalue weighted by Gasteiger charge is -2.31. The van der Waals surface area contributed by atoms with Gasteiger partial charge >= 0.3 is 5.97 Å². The van der Waals surface area contributed by atoms with Crippen molar-refractivity contribution in [3.8, 4) is 11.4 Å². The van der Waals surface area contributed by atoms with E-state index >= 15 is 4.39 Å². The first kappa shape index (κ1) is 30.0. The number of Topliss-reactive ketones (excluding diaryl/α,β-unsaturated/α-hetero) is 1. The van der Waals surface area contributed by atoms with Gasteiger partial charge in [-0.3, -0.25) is 14.4 Å². The van der Waals surface area contributed by atoms with E-state index < -0.39 is 17.7 Å². The van der Waals surface area contributed by atoms with Crippen molar-refractivity contribution in [1.82, 2.24) is 14.9 Å². The van der Waals surface area contributed by atoms with Gasteiger partial charge in [0.25, 0.3) is 5.56 Å². The van der Waals surface area contributed by atoms with Crippen LogP contribution in [0.1, 0.15) is 78.8 Å². The highest BCUT2D eigenvalue weighted by Crippen LogP contribution is 2.47. The molecule has 3 atom stereocenters. The minimum atomic E-state index is -1.96. The van der Waals surface area contributed by atoms with E-state index in [-0.39, 0.29) is 85.8 Å². The molecule has 1 amide bonds. The molecule has 3 aromatic rings. The molecular formula is C32H35FN4O7. The Morgan fingerprint density at radius 3 is 2.80 bits per heavy atom. The standard InChI is InChI=1S/C32H35FN4O7/c1-4-32(42)22-9-25-29-20(12-37(25)30(40)21(22)13-43-31(32)41)27-17(8-18(38)7-15(2)44-14-35-26(39)11-34)5-6-19-16(3)23(33)10-24(36-29)28(19)27/h9-10,15,17,42H,4-8,11-14,34H2,1-3H3,(H,35,39)/t15-,17+,32-/m0/s1. The van der Waals surface area contributed by atoms with Crippen molar-refractivity contribution in [2.75, 3.05) is 13.3 Å². The van der Waals surface area contributed by atoms with Gasteiger partial charge in [0.1, 0.15) is 24.9 Å². The van der Waals surface area contributed by atoms with Gasteiger partial charge in [-0.05, 0) is 61.8 Å². The Balaban J connectivity index is 1.42. The molecule has 2 aliphatic heterocycles. The minimum absolute atomic E-state index is 0.0184. The molecule has 3 aliphatic rings. The smallest absolute Gasteiger partial charge is 0.343 e. The average Bonchev–Trinajstić information content (AvgIpc) is 3.36. The highest BCUT2D eigenvalue weighted by molar-refractivity contribution is 5.94. The maximum atomic E-state index is 15.1. The van der Waals surface area contributed by atoms with Crippen LogP contribution in [0.15, 0.2) is 16.9 Å². The van der Waals surface area contributed by atoms with Crippen LogP contribution >= 0.6 is 0 Å². The molecule has 1 aliphatic carbocycles. The van der Waals surface area contributed by atoms with Gasteiger partial charge in [-0.15, -0.1) is 0 Å². The van der Waals surface area contributed by atoms with Crippen LogP contribution in [0.5, 0.6) is 0 Å². The van der Waals surface area contributed by atoms with Gasteiger partial charge in [0.2, 0.25) is 5.91 Å². The van der Waals surface area contributed by atoms with Crippen LogP contribution in [0, 0.1) is 12.7 Å². The monoisotopic (exact) mass is 606 g/mol. The Morgan fingerprint density at radius 2 is 2.07 bits per heavy atom. The fourth-order valence-corrected chi connectivity index (χ4v) is 6.93. The Kier molecular flexibility index (Phi) is 7.63. The van der Waals surface area contributed by atoms with E-state index in [1.807, 2.05) is 0 Å². The summed E-state index contributed by atoms with van der Waals surface area (Å²) in [5.74, 6) is -1.78. The zero-order chi connectivity index (χ0) is 31.5. The number of amides is 1. The number of esters is 1. The van der Waals surface area contributed by atoms with Crippen LogP contribution in [0.3, 0.4) is 0 Å². The predicted octanol–water partition coefficient (Wildman–Crippen LogP) is 2.34. The molecule has 1 aromatic carbocycles. The number of rotatable bonds is 9. The summed E-state index contributed by atoms with van der Waals surface area (Å²) in [6.45, 7) is 4.88. The topological polar surface area (TPSA) is 163 Å². The molecule has 11 nitrogen and oxygen atoms in total. The number of cyclic esters (lactones) is 1. The summed E-state index contributed by atoms with van der Waals surface area (Å²) in [5, 5.41) is 14.6. The average molecular weight is 607 g/mol. The maximum Gasteiger partial charge on any atom is 0.343 e. The van der Waals surface area contributed by atoms with Gasteiger partial charge in [0, 0.05) is 35.4 Å². The number of carbonyl (C=O) groups is 3. The van der Waals surface area contributed by atoms with Gasteiger partial charge in [0.05, 0.1) is 41.7 Å². The number of nitrogens with zero attached hydrogens (tertiary/aromatic N) is 2. The number of carbonyl (C=O) groups excluding carboxylic acids is 3. The molecule has 6 rings (SSSR count). The van der Waals surface area contributed by atoms with E-state index in [1.165, 1.54) is 6.07 Å². The second-order valence-corrected chi connectivity index (χ2v) is 11.9. The molecule has 44 heavy (non-hydrogen) atoms. The largest absolute Gasteiger partial charge is 0.458 e. The van der Waals surface area contributed by atoms with Crippen molar-refractivity contribution >= 4 is 28.6 Å². The number of nitrogens with one attached hydrogen (secondary N) is 1. The second kappa shape index (κ2) is 11.2. The number of aliphatic hydroxyl groups is 1. The Hall–Kier alpha value is -4.00. The molecular weight excluding hydrogens is 571 g/mol. The molecule has 0 saturated carbocycles. The van der Waals surface area contributed by atoms with Crippen LogP contribution in [-0.2, 0) is 49.0 Å². The molecule has 4 heterocycles. The molecule has 2 aromatic heterocycles. The molecule has 4 N–H and O–H groups in total. The molecule has 232 valence electrons. The zero-order valence-corrected chi connectivity index (χ0v) is 24.9. The SMILES string of the molecule is CC[C@@]1(O)C(=O)OCc2c1cc1n(c2=O)Cc2c-1nc1cc(F)c(C)c3c1c2[C@@H](CC(=O)C[C@H](C)OCNC(=O)CN)CC3. The van der Waals surface area contributed by atoms with Crippen molar-refractivity contribution in [3.05, 3.63) is 61.7 Å². The lowest BCUT2D eigenvalue weighted by atomic mass is 9.76. The van der Waals surface area contributed by atoms with Gasteiger partial charge in [-0.1, -0.05) is 6.92 Å². The van der Waals surface area contributed by atoms with E-state index in [0.717, 1.165) is 22.1 Å². The van der Waals surface area contributed by atoms with Gasteiger partial charge in [-0.2, -0.15) is 0 Å². The second-order valence-electron chi connectivity index (χ2n) is 11.9.